The van der Waals surface area contributed by atoms with Crippen LogP contribution in [0.1, 0.15) is 12.0 Å². The number of amides is 1. The lowest BCUT2D eigenvalue weighted by Crippen LogP contribution is -2.36. The molecular weight excluding hydrogens is 320 g/mol. The molecule has 0 aromatic heterocycles. The van der Waals surface area contributed by atoms with Gasteiger partial charge in [0.1, 0.15) is 0 Å². The average Bonchev–Trinajstić information content (AvgIpc) is 2.83. The van der Waals surface area contributed by atoms with Gasteiger partial charge in [0.15, 0.2) is 0 Å². The van der Waals surface area contributed by atoms with E-state index in [1.165, 1.54) is 18.2 Å². The molecule has 7 heteroatoms. The van der Waals surface area contributed by atoms with Crippen molar-refractivity contribution in [2.75, 3.05) is 53.4 Å². The minimum absolute atomic E-state index is 0.0114. The number of nitro groups is 1. The highest BCUT2D eigenvalue weighted by atomic mass is 16.6. The highest BCUT2D eigenvalue weighted by Crippen LogP contribution is 2.19. The lowest BCUT2D eigenvalue weighted by atomic mass is 10.1. The smallest absolute Gasteiger partial charge is 0.276 e. The van der Waals surface area contributed by atoms with Gasteiger partial charge in [0.05, 0.1) is 10.5 Å². The largest absolute Gasteiger partial charge is 0.338 e. The van der Waals surface area contributed by atoms with E-state index in [2.05, 4.69) is 23.9 Å². The number of carbonyl (C=O) groups is 1. The molecule has 0 aliphatic carbocycles. The number of para-hydroxylation sites is 1. The van der Waals surface area contributed by atoms with Crippen LogP contribution in [0.4, 0.5) is 5.69 Å². The van der Waals surface area contributed by atoms with Gasteiger partial charge in [-0.2, -0.15) is 0 Å². The van der Waals surface area contributed by atoms with E-state index in [1.807, 2.05) is 4.90 Å². The molecule has 1 heterocycles. The van der Waals surface area contributed by atoms with Gasteiger partial charge in [-0.3, -0.25) is 14.9 Å². The number of hydrogen-bond acceptors (Lipinski definition) is 5. The SMILES string of the molecule is CN(C)CCN1CCCN(C(=O)/C=C\c2ccccc2[N+](=O)[O-])CC1. The second-order valence-corrected chi connectivity index (χ2v) is 6.47. The molecule has 1 fully saturated rings. The van der Waals surface area contributed by atoms with E-state index in [0.717, 1.165) is 39.1 Å². The normalized spacial score (nSPS) is 16.4. The molecule has 0 radical (unpaired) electrons. The Morgan fingerprint density at radius 3 is 2.72 bits per heavy atom. The van der Waals surface area contributed by atoms with Crippen LogP contribution in [0, 0.1) is 10.1 Å². The topological polar surface area (TPSA) is 69.9 Å². The molecule has 2 rings (SSSR count). The van der Waals surface area contributed by atoms with E-state index < -0.39 is 4.92 Å². The fourth-order valence-corrected chi connectivity index (χ4v) is 2.82. The van der Waals surface area contributed by atoms with Crippen LogP contribution < -0.4 is 0 Å². The first kappa shape index (κ1) is 19.1. The molecule has 0 atom stereocenters. The number of nitro benzene ring substituents is 1. The third-order valence-corrected chi connectivity index (χ3v) is 4.30. The predicted octanol–water partition coefficient (Wildman–Crippen LogP) is 1.70. The average molecular weight is 346 g/mol. The van der Waals surface area contributed by atoms with Crippen molar-refractivity contribution in [3.63, 3.8) is 0 Å². The Labute approximate surface area is 148 Å². The van der Waals surface area contributed by atoms with Gasteiger partial charge in [-0.25, -0.2) is 0 Å². The molecule has 136 valence electrons. The Bertz CT molecular complexity index is 631. The quantitative estimate of drug-likeness (QED) is 0.445. The summed E-state index contributed by atoms with van der Waals surface area (Å²) in [7, 11) is 4.11. The van der Waals surface area contributed by atoms with E-state index in [1.54, 1.807) is 18.2 Å². The number of likely N-dealkylation sites (N-methyl/N-ethyl adjacent to an activating group) is 1. The van der Waals surface area contributed by atoms with Crippen LogP contribution in [0.25, 0.3) is 6.08 Å². The van der Waals surface area contributed by atoms with Gasteiger partial charge in [0.25, 0.3) is 5.69 Å². The molecule has 0 unspecified atom stereocenters. The first-order valence-corrected chi connectivity index (χ1v) is 8.55. The summed E-state index contributed by atoms with van der Waals surface area (Å²) in [5, 5.41) is 11.0. The molecule has 1 aliphatic rings. The van der Waals surface area contributed by atoms with Crippen molar-refractivity contribution >= 4 is 17.7 Å². The third kappa shape index (κ3) is 5.95. The monoisotopic (exact) mass is 346 g/mol. The van der Waals surface area contributed by atoms with Crippen LogP contribution in [0.15, 0.2) is 30.3 Å². The molecule has 25 heavy (non-hydrogen) atoms. The zero-order valence-electron chi connectivity index (χ0n) is 14.9. The molecule has 0 saturated carbocycles. The van der Waals surface area contributed by atoms with Crippen molar-refractivity contribution in [3.8, 4) is 0 Å². The van der Waals surface area contributed by atoms with Gasteiger partial charge >= 0.3 is 0 Å². The van der Waals surface area contributed by atoms with Gasteiger partial charge in [0, 0.05) is 44.9 Å². The molecular formula is C18H26N4O3. The Morgan fingerprint density at radius 2 is 2.00 bits per heavy atom. The van der Waals surface area contributed by atoms with E-state index in [4.69, 9.17) is 0 Å². The zero-order valence-corrected chi connectivity index (χ0v) is 14.9. The summed E-state index contributed by atoms with van der Waals surface area (Å²) >= 11 is 0. The van der Waals surface area contributed by atoms with Crippen LogP contribution >= 0.6 is 0 Å². The third-order valence-electron chi connectivity index (χ3n) is 4.30. The summed E-state index contributed by atoms with van der Waals surface area (Å²) in [5.74, 6) is -0.0902. The Morgan fingerprint density at radius 1 is 1.24 bits per heavy atom. The molecule has 1 amide bonds. The summed E-state index contributed by atoms with van der Waals surface area (Å²) in [6, 6.07) is 6.44. The van der Waals surface area contributed by atoms with E-state index in [0.29, 0.717) is 12.1 Å². The maximum absolute atomic E-state index is 12.4. The molecule has 0 bridgehead atoms. The first-order valence-electron chi connectivity index (χ1n) is 8.55. The summed E-state index contributed by atoms with van der Waals surface area (Å²) in [6.45, 7) is 5.27. The van der Waals surface area contributed by atoms with Crippen molar-refractivity contribution in [2.45, 2.75) is 6.42 Å². The number of rotatable bonds is 6. The van der Waals surface area contributed by atoms with Crippen molar-refractivity contribution < 1.29 is 9.72 Å². The molecule has 1 aliphatic heterocycles. The fraction of sp³-hybridized carbons (Fsp3) is 0.500. The highest BCUT2D eigenvalue weighted by molar-refractivity contribution is 5.92. The molecule has 1 aromatic carbocycles. The summed E-state index contributed by atoms with van der Waals surface area (Å²) < 4.78 is 0. The number of nitrogens with zero attached hydrogens (tertiary/aromatic N) is 4. The van der Waals surface area contributed by atoms with Crippen molar-refractivity contribution in [3.05, 3.63) is 46.0 Å². The predicted molar refractivity (Wildman–Crippen MR) is 98.3 cm³/mol. The Kier molecular flexibility index (Phi) is 7.09. The lowest BCUT2D eigenvalue weighted by Gasteiger charge is -2.22. The van der Waals surface area contributed by atoms with Gasteiger partial charge in [-0.15, -0.1) is 0 Å². The molecule has 0 spiro atoms. The minimum Gasteiger partial charge on any atom is -0.338 e. The summed E-state index contributed by atoms with van der Waals surface area (Å²) in [5.41, 5.74) is 0.459. The standard InChI is InChI=1S/C18H26N4O3/c1-19(2)12-13-20-10-5-11-21(15-14-20)18(23)9-8-16-6-3-4-7-17(16)22(24)25/h3-4,6-9H,5,10-15H2,1-2H3/b9-8-. The number of hydrogen-bond donors (Lipinski definition) is 0. The molecule has 1 saturated heterocycles. The Balaban J connectivity index is 1.94. The van der Waals surface area contributed by atoms with Crippen LogP contribution in [-0.4, -0.2) is 78.9 Å². The molecule has 7 nitrogen and oxygen atoms in total. The van der Waals surface area contributed by atoms with Crippen molar-refractivity contribution in [1.82, 2.24) is 14.7 Å². The highest BCUT2D eigenvalue weighted by Gasteiger charge is 2.18. The van der Waals surface area contributed by atoms with Crippen LogP contribution in [-0.2, 0) is 4.79 Å². The van der Waals surface area contributed by atoms with Crippen molar-refractivity contribution in [1.29, 1.82) is 0 Å². The summed E-state index contributed by atoms with van der Waals surface area (Å²) in [6.07, 6.45) is 3.92. The Hall–Kier alpha value is -2.25. The zero-order chi connectivity index (χ0) is 18.2. The van der Waals surface area contributed by atoms with Gasteiger partial charge in [0.2, 0.25) is 5.91 Å². The summed E-state index contributed by atoms with van der Waals surface area (Å²) in [4.78, 5) is 29.4. The van der Waals surface area contributed by atoms with E-state index in [-0.39, 0.29) is 11.6 Å². The maximum Gasteiger partial charge on any atom is 0.276 e. The van der Waals surface area contributed by atoms with Crippen LogP contribution in [0.2, 0.25) is 0 Å². The minimum atomic E-state index is -0.432. The molecule has 0 N–H and O–H groups in total. The van der Waals surface area contributed by atoms with E-state index >= 15 is 0 Å². The van der Waals surface area contributed by atoms with Gasteiger partial charge in [-0.05, 0) is 39.2 Å². The van der Waals surface area contributed by atoms with E-state index in [9.17, 15) is 14.9 Å². The fourth-order valence-electron chi connectivity index (χ4n) is 2.82. The molecule has 1 aromatic rings. The van der Waals surface area contributed by atoms with Gasteiger partial charge < -0.3 is 14.7 Å². The maximum atomic E-state index is 12.4. The number of benzene rings is 1. The second kappa shape index (κ2) is 9.29. The van der Waals surface area contributed by atoms with Gasteiger partial charge in [-0.1, -0.05) is 12.1 Å². The van der Waals surface area contributed by atoms with Crippen LogP contribution in [0.3, 0.4) is 0 Å². The first-order chi connectivity index (χ1) is 12.0. The second-order valence-electron chi connectivity index (χ2n) is 6.47. The van der Waals surface area contributed by atoms with Crippen LogP contribution in [0.5, 0.6) is 0 Å². The van der Waals surface area contributed by atoms with Crippen molar-refractivity contribution in [2.24, 2.45) is 0 Å². The lowest BCUT2D eigenvalue weighted by molar-refractivity contribution is -0.385. The number of carbonyl (C=O) groups excluding carboxylic acids is 1.